The molecule has 0 fully saturated rings. The van der Waals surface area contributed by atoms with Crippen LogP contribution in [0.2, 0.25) is 0 Å². The monoisotopic (exact) mass is 219 g/mol. The summed E-state index contributed by atoms with van der Waals surface area (Å²) < 4.78 is 0. The van der Waals surface area contributed by atoms with Crippen molar-refractivity contribution in [1.82, 2.24) is 0 Å². The highest BCUT2D eigenvalue weighted by molar-refractivity contribution is 5.85. The molecule has 1 aromatic carbocycles. The van der Waals surface area contributed by atoms with E-state index in [2.05, 4.69) is 19.9 Å². The second-order valence-corrected chi connectivity index (χ2v) is 5.07. The lowest BCUT2D eigenvalue weighted by molar-refractivity contribution is 0.203. The minimum absolute atomic E-state index is 0.171. The Hall–Kier alpha value is -1.51. The molecule has 1 amide bonds. The van der Waals surface area contributed by atoms with E-state index in [0.29, 0.717) is 0 Å². The lowest BCUT2D eigenvalue weighted by Gasteiger charge is -2.21. The van der Waals surface area contributed by atoms with Crippen LogP contribution in [-0.2, 0) is 11.8 Å². The third-order valence-corrected chi connectivity index (χ3v) is 3.52. The molecule has 2 rings (SSSR count). The average molecular weight is 219 g/mol. The third-order valence-electron chi connectivity index (χ3n) is 3.52. The quantitative estimate of drug-likeness (QED) is 0.788. The van der Waals surface area contributed by atoms with Crippen LogP contribution >= 0.6 is 0 Å². The van der Waals surface area contributed by atoms with Crippen molar-refractivity contribution in [3.8, 4) is 0 Å². The molecule has 0 saturated heterocycles. The standard InChI is InChI=1S/C13H17NO2/c1-13(2)7-6-9-4-5-10(8-11(9)13)14(3)12(15)16/h4-5,8H,6-7H2,1-3H3,(H,15,16). The van der Waals surface area contributed by atoms with Gasteiger partial charge in [0.1, 0.15) is 0 Å². The fourth-order valence-corrected chi connectivity index (χ4v) is 2.31. The molecule has 0 aliphatic heterocycles. The third kappa shape index (κ3) is 1.66. The van der Waals surface area contributed by atoms with Crippen molar-refractivity contribution in [2.75, 3.05) is 11.9 Å². The summed E-state index contributed by atoms with van der Waals surface area (Å²) in [4.78, 5) is 12.1. The molecular formula is C13H17NO2. The number of carboxylic acid groups (broad SMARTS) is 1. The molecule has 0 spiro atoms. The van der Waals surface area contributed by atoms with Crippen LogP contribution in [0.3, 0.4) is 0 Å². The van der Waals surface area contributed by atoms with Gasteiger partial charge in [0.25, 0.3) is 0 Å². The molecule has 0 bridgehead atoms. The Bertz CT molecular complexity index is 438. The number of amides is 1. The number of aryl methyl sites for hydroxylation is 1. The highest BCUT2D eigenvalue weighted by Gasteiger charge is 2.30. The lowest BCUT2D eigenvalue weighted by atomic mass is 9.86. The maximum Gasteiger partial charge on any atom is 0.411 e. The Morgan fingerprint density at radius 3 is 2.75 bits per heavy atom. The minimum Gasteiger partial charge on any atom is -0.465 e. The number of rotatable bonds is 1. The van der Waals surface area contributed by atoms with E-state index in [1.165, 1.54) is 16.0 Å². The molecule has 1 aliphatic rings. The molecule has 0 unspecified atom stereocenters. The minimum atomic E-state index is -0.921. The van der Waals surface area contributed by atoms with Gasteiger partial charge in [-0.3, -0.25) is 4.90 Å². The van der Waals surface area contributed by atoms with Crippen LogP contribution < -0.4 is 4.90 Å². The van der Waals surface area contributed by atoms with Crippen molar-refractivity contribution in [1.29, 1.82) is 0 Å². The number of hydrogen-bond donors (Lipinski definition) is 1. The van der Waals surface area contributed by atoms with E-state index >= 15 is 0 Å². The van der Waals surface area contributed by atoms with Gasteiger partial charge in [0.2, 0.25) is 0 Å². The molecule has 1 aromatic rings. The Balaban J connectivity index is 2.43. The zero-order valence-corrected chi connectivity index (χ0v) is 9.95. The van der Waals surface area contributed by atoms with Crippen LogP contribution in [0.25, 0.3) is 0 Å². The van der Waals surface area contributed by atoms with Gasteiger partial charge in [0, 0.05) is 12.7 Å². The first kappa shape index (κ1) is 11.0. The number of carbonyl (C=O) groups is 1. The Kier molecular flexibility index (Phi) is 2.41. The van der Waals surface area contributed by atoms with Gasteiger partial charge in [-0.15, -0.1) is 0 Å². The summed E-state index contributed by atoms with van der Waals surface area (Å²) in [5.74, 6) is 0. The van der Waals surface area contributed by atoms with E-state index in [-0.39, 0.29) is 5.41 Å². The molecular weight excluding hydrogens is 202 g/mol. The van der Waals surface area contributed by atoms with E-state index in [0.717, 1.165) is 18.5 Å². The van der Waals surface area contributed by atoms with E-state index in [9.17, 15) is 4.79 Å². The number of fused-ring (bicyclic) bond motifs is 1. The molecule has 0 heterocycles. The highest BCUT2D eigenvalue weighted by atomic mass is 16.4. The summed E-state index contributed by atoms with van der Waals surface area (Å²) in [6.45, 7) is 4.42. The second-order valence-electron chi connectivity index (χ2n) is 5.07. The molecule has 1 aliphatic carbocycles. The van der Waals surface area contributed by atoms with Gasteiger partial charge in [-0.2, -0.15) is 0 Å². The zero-order chi connectivity index (χ0) is 11.9. The SMILES string of the molecule is CN(C(=O)O)c1ccc2c(c1)C(C)(C)CC2. The maximum absolute atomic E-state index is 10.9. The molecule has 0 aromatic heterocycles. The summed E-state index contributed by atoms with van der Waals surface area (Å²) in [5, 5.41) is 8.94. The second kappa shape index (κ2) is 3.51. The van der Waals surface area contributed by atoms with Gasteiger partial charge < -0.3 is 5.11 Å². The zero-order valence-electron chi connectivity index (χ0n) is 9.95. The topological polar surface area (TPSA) is 40.5 Å². The molecule has 1 N–H and O–H groups in total. The van der Waals surface area contributed by atoms with Crippen molar-refractivity contribution in [2.24, 2.45) is 0 Å². The molecule has 16 heavy (non-hydrogen) atoms. The number of hydrogen-bond acceptors (Lipinski definition) is 1. The first-order valence-electron chi connectivity index (χ1n) is 5.52. The Morgan fingerprint density at radius 1 is 1.44 bits per heavy atom. The van der Waals surface area contributed by atoms with Crippen LogP contribution in [0.5, 0.6) is 0 Å². The van der Waals surface area contributed by atoms with Crippen molar-refractivity contribution < 1.29 is 9.90 Å². The van der Waals surface area contributed by atoms with Gasteiger partial charge >= 0.3 is 6.09 Å². The summed E-state index contributed by atoms with van der Waals surface area (Å²) >= 11 is 0. The molecule has 3 heteroatoms. The van der Waals surface area contributed by atoms with E-state index in [1.807, 2.05) is 12.1 Å². The molecule has 0 atom stereocenters. The van der Waals surface area contributed by atoms with Crippen LogP contribution in [0, 0.1) is 0 Å². The van der Waals surface area contributed by atoms with E-state index in [1.54, 1.807) is 7.05 Å². The highest BCUT2D eigenvalue weighted by Crippen LogP contribution is 2.39. The molecule has 3 nitrogen and oxygen atoms in total. The van der Waals surface area contributed by atoms with Gasteiger partial charge in [-0.25, -0.2) is 4.79 Å². The Labute approximate surface area is 95.7 Å². The molecule has 0 radical (unpaired) electrons. The summed E-state index contributed by atoms with van der Waals surface area (Å²) in [7, 11) is 1.58. The smallest absolute Gasteiger partial charge is 0.411 e. The average Bonchev–Trinajstić information content (AvgIpc) is 2.53. The van der Waals surface area contributed by atoms with Gasteiger partial charge in [0.15, 0.2) is 0 Å². The van der Waals surface area contributed by atoms with Gasteiger partial charge in [-0.1, -0.05) is 19.9 Å². The lowest BCUT2D eigenvalue weighted by Crippen LogP contribution is -2.24. The van der Waals surface area contributed by atoms with E-state index in [4.69, 9.17) is 5.11 Å². The maximum atomic E-state index is 10.9. The number of nitrogens with zero attached hydrogens (tertiary/aromatic N) is 1. The van der Waals surface area contributed by atoms with Crippen LogP contribution in [0.15, 0.2) is 18.2 Å². The number of anilines is 1. The van der Waals surface area contributed by atoms with Gasteiger partial charge in [0.05, 0.1) is 0 Å². The van der Waals surface area contributed by atoms with Crippen molar-refractivity contribution in [3.05, 3.63) is 29.3 Å². The van der Waals surface area contributed by atoms with Crippen LogP contribution in [-0.4, -0.2) is 18.2 Å². The summed E-state index contributed by atoms with van der Waals surface area (Å²) in [5.41, 5.74) is 3.57. The van der Waals surface area contributed by atoms with Crippen molar-refractivity contribution in [2.45, 2.75) is 32.1 Å². The number of benzene rings is 1. The summed E-state index contributed by atoms with van der Waals surface area (Å²) in [6.07, 6.45) is 1.32. The largest absolute Gasteiger partial charge is 0.465 e. The molecule has 86 valence electrons. The van der Waals surface area contributed by atoms with Crippen molar-refractivity contribution >= 4 is 11.8 Å². The van der Waals surface area contributed by atoms with Crippen molar-refractivity contribution in [3.63, 3.8) is 0 Å². The van der Waals surface area contributed by atoms with Crippen LogP contribution in [0.4, 0.5) is 10.5 Å². The fourth-order valence-electron chi connectivity index (χ4n) is 2.31. The van der Waals surface area contributed by atoms with Crippen LogP contribution in [0.1, 0.15) is 31.4 Å². The normalized spacial score (nSPS) is 16.9. The fraction of sp³-hybridized carbons (Fsp3) is 0.462. The first-order valence-corrected chi connectivity index (χ1v) is 5.52. The van der Waals surface area contributed by atoms with E-state index < -0.39 is 6.09 Å². The predicted molar refractivity (Wildman–Crippen MR) is 64.2 cm³/mol. The molecule has 0 saturated carbocycles. The Morgan fingerprint density at radius 2 is 2.12 bits per heavy atom. The first-order chi connectivity index (χ1) is 7.42. The summed E-state index contributed by atoms with van der Waals surface area (Å²) in [6, 6.07) is 5.95. The predicted octanol–water partition coefficient (Wildman–Crippen LogP) is 3.02. The van der Waals surface area contributed by atoms with Gasteiger partial charge in [-0.05, 0) is 41.5 Å².